The summed E-state index contributed by atoms with van der Waals surface area (Å²) in [7, 11) is 0. The van der Waals surface area contributed by atoms with Gasteiger partial charge in [0.25, 0.3) is 0 Å². The zero-order valence-corrected chi connectivity index (χ0v) is 15.9. The maximum atomic E-state index is 12.5. The third-order valence-electron chi connectivity index (χ3n) is 5.92. The molecule has 2 aliphatic rings. The van der Waals surface area contributed by atoms with Gasteiger partial charge in [-0.1, -0.05) is 30.3 Å². The first kappa shape index (κ1) is 18.6. The number of pyridine rings is 1. The van der Waals surface area contributed by atoms with Crippen LogP contribution in [0.3, 0.4) is 0 Å². The Hall–Kier alpha value is -2.73. The van der Waals surface area contributed by atoms with Crippen LogP contribution in [0.1, 0.15) is 37.2 Å². The third kappa shape index (κ3) is 4.22. The lowest BCUT2D eigenvalue weighted by molar-refractivity contribution is -0.121. The summed E-state index contributed by atoms with van der Waals surface area (Å²) in [6.45, 7) is 2.54. The number of hydrogen-bond donors (Lipinski definition) is 2. The van der Waals surface area contributed by atoms with E-state index < -0.39 is 0 Å². The molecule has 1 spiro atoms. The average Bonchev–Trinajstić information content (AvgIpc) is 3.05. The molecule has 28 heavy (non-hydrogen) atoms. The summed E-state index contributed by atoms with van der Waals surface area (Å²) in [6.07, 6.45) is 6.53. The molecule has 1 unspecified atom stereocenters. The van der Waals surface area contributed by atoms with Gasteiger partial charge >= 0.3 is 0 Å². The van der Waals surface area contributed by atoms with E-state index in [1.54, 1.807) is 18.5 Å². The molecule has 0 aliphatic carbocycles. The number of hydrogen-bond acceptors (Lipinski definition) is 4. The Morgan fingerprint density at radius 1 is 1.18 bits per heavy atom. The fraction of sp³-hybridized carbons (Fsp3) is 0.409. The summed E-state index contributed by atoms with van der Waals surface area (Å²) in [5.74, 6) is 0.111. The molecule has 6 nitrogen and oxygen atoms in total. The summed E-state index contributed by atoms with van der Waals surface area (Å²) in [6, 6.07) is 13.7. The van der Waals surface area contributed by atoms with Gasteiger partial charge in [0.1, 0.15) is 0 Å². The Morgan fingerprint density at radius 3 is 2.68 bits per heavy atom. The van der Waals surface area contributed by atoms with Crippen LogP contribution in [0.15, 0.2) is 54.9 Å². The lowest BCUT2D eigenvalue weighted by atomic mass is 9.82. The molecule has 2 saturated heterocycles. The lowest BCUT2D eigenvalue weighted by Crippen LogP contribution is -2.51. The van der Waals surface area contributed by atoms with Gasteiger partial charge in [-0.05, 0) is 37.0 Å². The van der Waals surface area contributed by atoms with Crippen molar-refractivity contribution in [3.05, 3.63) is 60.4 Å². The summed E-state index contributed by atoms with van der Waals surface area (Å²) in [5, 5.41) is 6.16. The predicted octanol–water partition coefficient (Wildman–Crippen LogP) is 2.55. The van der Waals surface area contributed by atoms with Crippen molar-refractivity contribution in [3.8, 4) is 0 Å². The number of nitrogens with one attached hydrogen (secondary N) is 2. The van der Waals surface area contributed by atoms with Crippen molar-refractivity contribution in [1.29, 1.82) is 0 Å². The Bertz CT molecular complexity index is 817. The first-order chi connectivity index (χ1) is 13.6. The van der Waals surface area contributed by atoms with Crippen molar-refractivity contribution in [1.82, 2.24) is 15.2 Å². The number of benzene rings is 1. The molecule has 2 fully saturated rings. The van der Waals surface area contributed by atoms with Crippen molar-refractivity contribution in [2.24, 2.45) is 0 Å². The third-order valence-corrected chi connectivity index (χ3v) is 5.92. The van der Waals surface area contributed by atoms with E-state index in [-0.39, 0.29) is 23.3 Å². The van der Waals surface area contributed by atoms with Gasteiger partial charge in [0.15, 0.2) is 0 Å². The molecule has 0 saturated carbocycles. The van der Waals surface area contributed by atoms with E-state index in [0.717, 1.165) is 50.1 Å². The quantitative estimate of drug-likeness (QED) is 0.839. The predicted molar refractivity (Wildman–Crippen MR) is 108 cm³/mol. The maximum absolute atomic E-state index is 12.5. The van der Waals surface area contributed by atoms with Gasteiger partial charge in [-0.25, -0.2) is 0 Å². The Kier molecular flexibility index (Phi) is 5.39. The Balaban J connectivity index is 1.26. The minimum absolute atomic E-state index is 0.00611. The van der Waals surface area contributed by atoms with Gasteiger partial charge in [-0.3, -0.25) is 14.6 Å². The summed E-state index contributed by atoms with van der Waals surface area (Å²) >= 11 is 0. The molecule has 146 valence electrons. The first-order valence-electron chi connectivity index (χ1n) is 9.93. The lowest BCUT2D eigenvalue weighted by Gasteiger charge is -2.39. The number of rotatable bonds is 5. The van der Waals surface area contributed by atoms with Crippen LogP contribution in [-0.2, 0) is 9.59 Å². The molecule has 1 atom stereocenters. The van der Waals surface area contributed by atoms with Crippen LogP contribution >= 0.6 is 0 Å². The molecule has 2 aromatic rings. The number of amides is 2. The molecule has 2 N–H and O–H groups in total. The standard InChI is InChI=1S/C22H26N4O2/c27-20(24-18-7-4-11-23-16-18)8-12-26-13-9-22(10-14-26)15-19(21(28)25-22)17-5-2-1-3-6-17/h1-7,11,16,19H,8-10,12-15H2,(H,24,27)(H,25,28). The topological polar surface area (TPSA) is 74.3 Å². The van der Waals surface area contributed by atoms with Crippen LogP contribution in [0, 0.1) is 0 Å². The first-order valence-corrected chi connectivity index (χ1v) is 9.93. The van der Waals surface area contributed by atoms with Crippen LogP contribution in [0.4, 0.5) is 5.69 Å². The SMILES string of the molecule is O=C(CCN1CCC2(CC1)CC(c1ccccc1)C(=O)N2)Nc1cccnc1. The number of likely N-dealkylation sites (tertiary alicyclic amines) is 1. The minimum atomic E-state index is -0.0912. The van der Waals surface area contributed by atoms with Gasteiger partial charge in [-0.15, -0.1) is 0 Å². The van der Waals surface area contributed by atoms with Crippen molar-refractivity contribution in [2.75, 3.05) is 25.0 Å². The smallest absolute Gasteiger partial charge is 0.228 e. The average molecular weight is 378 g/mol. The Labute approximate surface area is 165 Å². The van der Waals surface area contributed by atoms with Crippen molar-refractivity contribution >= 4 is 17.5 Å². The van der Waals surface area contributed by atoms with Crippen LogP contribution < -0.4 is 10.6 Å². The van der Waals surface area contributed by atoms with E-state index in [1.165, 1.54) is 0 Å². The second-order valence-corrected chi connectivity index (χ2v) is 7.82. The zero-order valence-electron chi connectivity index (χ0n) is 15.9. The minimum Gasteiger partial charge on any atom is -0.350 e. The van der Waals surface area contributed by atoms with Crippen molar-refractivity contribution in [3.63, 3.8) is 0 Å². The molecule has 1 aromatic carbocycles. The van der Waals surface area contributed by atoms with Crippen molar-refractivity contribution in [2.45, 2.75) is 37.1 Å². The molecule has 6 heteroatoms. The molecular weight excluding hydrogens is 352 g/mol. The number of carbonyl (C=O) groups is 2. The highest BCUT2D eigenvalue weighted by Crippen LogP contribution is 2.39. The monoisotopic (exact) mass is 378 g/mol. The van der Waals surface area contributed by atoms with Gasteiger partial charge in [0.05, 0.1) is 17.8 Å². The van der Waals surface area contributed by atoms with Crippen LogP contribution in [0.25, 0.3) is 0 Å². The molecular formula is C22H26N4O2. The summed E-state index contributed by atoms with van der Waals surface area (Å²) in [5.41, 5.74) is 1.74. The number of piperidine rings is 1. The highest BCUT2D eigenvalue weighted by Gasteiger charge is 2.45. The fourth-order valence-corrected chi connectivity index (χ4v) is 4.29. The van der Waals surface area contributed by atoms with E-state index in [0.29, 0.717) is 6.42 Å². The zero-order chi connectivity index (χ0) is 19.4. The number of aromatic nitrogens is 1. The van der Waals surface area contributed by atoms with Gasteiger partial charge in [0, 0.05) is 37.8 Å². The van der Waals surface area contributed by atoms with Gasteiger partial charge < -0.3 is 15.5 Å². The van der Waals surface area contributed by atoms with Crippen LogP contribution in [0.5, 0.6) is 0 Å². The normalized spacial score (nSPS) is 21.4. The van der Waals surface area contributed by atoms with E-state index in [9.17, 15) is 9.59 Å². The van der Waals surface area contributed by atoms with Crippen LogP contribution in [0.2, 0.25) is 0 Å². The van der Waals surface area contributed by atoms with Crippen molar-refractivity contribution < 1.29 is 9.59 Å². The highest BCUT2D eigenvalue weighted by atomic mass is 16.2. The second kappa shape index (κ2) is 8.10. The van der Waals surface area contributed by atoms with E-state index >= 15 is 0 Å². The molecule has 0 bridgehead atoms. The largest absolute Gasteiger partial charge is 0.350 e. The molecule has 2 aliphatic heterocycles. The number of carbonyl (C=O) groups excluding carboxylic acids is 2. The molecule has 4 rings (SSSR count). The molecule has 1 aromatic heterocycles. The summed E-state index contributed by atoms with van der Waals surface area (Å²) in [4.78, 5) is 31.0. The number of nitrogens with zero attached hydrogens (tertiary/aromatic N) is 2. The van der Waals surface area contributed by atoms with E-state index in [2.05, 4.69) is 20.5 Å². The second-order valence-electron chi connectivity index (χ2n) is 7.82. The molecule has 0 radical (unpaired) electrons. The summed E-state index contributed by atoms with van der Waals surface area (Å²) < 4.78 is 0. The fourth-order valence-electron chi connectivity index (χ4n) is 4.29. The Morgan fingerprint density at radius 2 is 1.96 bits per heavy atom. The molecule has 3 heterocycles. The van der Waals surface area contributed by atoms with Crippen LogP contribution in [-0.4, -0.2) is 46.9 Å². The van der Waals surface area contributed by atoms with Gasteiger partial charge in [0.2, 0.25) is 11.8 Å². The maximum Gasteiger partial charge on any atom is 0.228 e. The van der Waals surface area contributed by atoms with Gasteiger partial charge in [-0.2, -0.15) is 0 Å². The van der Waals surface area contributed by atoms with E-state index in [1.807, 2.05) is 36.4 Å². The number of anilines is 1. The highest BCUT2D eigenvalue weighted by molar-refractivity contribution is 5.90. The van der Waals surface area contributed by atoms with E-state index in [4.69, 9.17) is 0 Å². The molecule has 2 amide bonds.